The minimum Gasteiger partial charge on any atom is -0.508 e. The number of aromatic hydroxyl groups is 1. The Balaban J connectivity index is 2.55. The number of carbonyl (C=O) groups excluding carboxylic acids is 1. The van der Waals surface area contributed by atoms with Crippen LogP contribution in [-0.4, -0.2) is 20.9 Å². The van der Waals surface area contributed by atoms with Crippen molar-refractivity contribution in [1.29, 1.82) is 0 Å². The smallest absolute Gasteiger partial charge is 0.270 e. The lowest BCUT2D eigenvalue weighted by atomic mass is 10.1. The molecule has 0 saturated heterocycles. The Bertz CT molecular complexity index is 670. The number of nitrogens with zero attached hydrogens (tertiary/aromatic N) is 2. The van der Waals surface area contributed by atoms with Gasteiger partial charge in [0, 0.05) is 29.8 Å². The fourth-order valence-electron chi connectivity index (χ4n) is 1.57. The van der Waals surface area contributed by atoms with Crippen molar-refractivity contribution in [3.63, 3.8) is 0 Å². The van der Waals surface area contributed by atoms with Crippen LogP contribution in [0, 0.1) is 10.1 Å². The number of benzene rings is 1. The van der Waals surface area contributed by atoms with Crippen molar-refractivity contribution >= 4 is 11.6 Å². The van der Waals surface area contributed by atoms with Crippen LogP contribution in [0.2, 0.25) is 0 Å². The van der Waals surface area contributed by atoms with Crippen LogP contribution in [0.5, 0.6) is 5.75 Å². The van der Waals surface area contributed by atoms with Crippen LogP contribution in [0.1, 0.15) is 10.5 Å². The number of aromatic nitrogens is 1. The molecule has 0 fully saturated rings. The number of primary amides is 1. The first-order valence-corrected chi connectivity index (χ1v) is 5.23. The average Bonchev–Trinajstić information content (AvgIpc) is 2.38. The molecule has 0 aliphatic rings. The number of pyridine rings is 1. The Labute approximate surface area is 107 Å². The molecule has 0 unspecified atom stereocenters. The Morgan fingerprint density at radius 3 is 2.68 bits per heavy atom. The topological polar surface area (TPSA) is 119 Å². The van der Waals surface area contributed by atoms with Gasteiger partial charge in [-0.1, -0.05) is 12.1 Å². The Morgan fingerprint density at radius 1 is 1.32 bits per heavy atom. The number of nitro groups is 1. The van der Waals surface area contributed by atoms with Crippen LogP contribution in [0.25, 0.3) is 11.3 Å². The van der Waals surface area contributed by atoms with Gasteiger partial charge >= 0.3 is 0 Å². The third-order valence-electron chi connectivity index (χ3n) is 2.42. The molecular weight excluding hydrogens is 250 g/mol. The van der Waals surface area contributed by atoms with E-state index in [4.69, 9.17) is 5.73 Å². The van der Waals surface area contributed by atoms with Crippen molar-refractivity contribution in [1.82, 2.24) is 4.98 Å². The van der Waals surface area contributed by atoms with Gasteiger partial charge in [0.15, 0.2) is 0 Å². The van der Waals surface area contributed by atoms with E-state index in [2.05, 4.69) is 4.98 Å². The molecule has 0 radical (unpaired) electrons. The van der Waals surface area contributed by atoms with E-state index < -0.39 is 10.8 Å². The molecule has 2 aromatic rings. The predicted octanol–water partition coefficient (Wildman–Crippen LogP) is 1.46. The van der Waals surface area contributed by atoms with Gasteiger partial charge in [0.05, 0.1) is 10.6 Å². The quantitative estimate of drug-likeness (QED) is 0.638. The maximum atomic E-state index is 11.1. The molecular formula is C12H9N3O4. The summed E-state index contributed by atoms with van der Waals surface area (Å²) in [6.07, 6.45) is 0. The molecule has 96 valence electrons. The van der Waals surface area contributed by atoms with E-state index in [1.807, 2.05) is 0 Å². The zero-order chi connectivity index (χ0) is 14.0. The second-order valence-electron chi connectivity index (χ2n) is 3.77. The normalized spacial score (nSPS) is 10.1. The van der Waals surface area contributed by atoms with Gasteiger partial charge in [0.2, 0.25) is 0 Å². The van der Waals surface area contributed by atoms with E-state index in [0.29, 0.717) is 5.56 Å². The molecule has 0 bridgehead atoms. The van der Waals surface area contributed by atoms with Gasteiger partial charge in [0.1, 0.15) is 11.4 Å². The molecule has 19 heavy (non-hydrogen) atoms. The number of hydrogen-bond donors (Lipinski definition) is 2. The number of nitrogens with two attached hydrogens (primary N) is 1. The second-order valence-corrected chi connectivity index (χ2v) is 3.77. The molecule has 0 saturated carbocycles. The van der Waals surface area contributed by atoms with E-state index in [0.717, 1.165) is 6.07 Å². The van der Waals surface area contributed by atoms with Crippen LogP contribution < -0.4 is 5.73 Å². The molecule has 0 aliphatic carbocycles. The van der Waals surface area contributed by atoms with Gasteiger partial charge < -0.3 is 10.8 Å². The summed E-state index contributed by atoms with van der Waals surface area (Å²) in [5.74, 6) is -0.979. The summed E-state index contributed by atoms with van der Waals surface area (Å²) in [7, 11) is 0. The fourth-order valence-corrected chi connectivity index (χ4v) is 1.57. The monoisotopic (exact) mass is 259 g/mol. The first kappa shape index (κ1) is 12.5. The molecule has 0 aliphatic heterocycles. The Morgan fingerprint density at radius 2 is 2.05 bits per heavy atom. The molecule has 2 rings (SSSR count). The highest BCUT2D eigenvalue weighted by molar-refractivity contribution is 5.91. The standard InChI is InChI=1S/C12H9N3O4/c13-12(17)11-6-9(16)5-10(14-11)7-2-1-3-8(4-7)15(18)19/h1-6H,(H2,13,17)(H,14,16). The van der Waals surface area contributed by atoms with Crippen LogP contribution in [0.3, 0.4) is 0 Å². The van der Waals surface area contributed by atoms with Crippen molar-refractivity contribution in [2.45, 2.75) is 0 Å². The van der Waals surface area contributed by atoms with Crippen molar-refractivity contribution in [3.05, 3.63) is 52.2 Å². The number of amides is 1. The van der Waals surface area contributed by atoms with Gasteiger partial charge in [0.25, 0.3) is 11.6 Å². The van der Waals surface area contributed by atoms with Gasteiger partial charge in [-0.15, -0.1) is 0 Å². The van der Waals surface area contributed by atoms with E-state index in [1.165, 1.54) is 24.3 Å². The SMILES string of the molecule is NC(=O)c1cc(O)cc(-c2cccc([N+](=O)[O-])c2)n1. The van der Waals surface area contributed by atoms with E-state index in [1.54, 1.807) is 6.07 Å². The number of non-ortho nitro benzene ring substituents is 1. The van der Waals surface area contributed by atoms with Crippen LogP contribution >= 0.6 is 0 Å². The molecule has 7 nitrogen and oxygen atoms in total. The molecule has 1 aromatic heterocycles. The fraction of sp³-hybridized carbons (Fsp3) is 0. The molecule has 1 amide bonds. The number of rotatable bonds is 3. The third-order valence-corrected chi connectivity index (χ3v) is 2.42. The molecule has 0 spiro atoms. The van der Waals surface area contributed by atoms with Crippen LogP contribution in [0.15, 0.2) is 36.4 Å². The highest BCUT2D eigenvalue weighted by Crippen LogP contribution is 2.25. The lowest BCUT2D eigenvalue weighted by Crippen LogP contribution is -2.13. The molecule has 1 heterocycles. The van der Waals surface area contributed by atoms with Crippen molar-refractivity contribution in [2.75, 3.05) is 0 Å². The number of hydrogen-bond acceptors (Lipinski definition) is 5. The summed E-state index contributed by atoms with van der Waals surface area (Å²) in [5, 5.41) is 20.2. The van der Waals surface area contributed by atoms with Gasteiger partial charge in [-0.25, -0.2) is 4.98 Å². The van der Waals surface area contributed by atoms with Gasteiger partial charge in [-0.05, 0) is 0 Å². The van der Waals surface area contributed by atoms with Crippen molar-refractivity contribution < 1.29 is 14.8 Å². The molecule has 7 heteroatoms. The zero-order valence-electron chi connectivity index (χ0n) is 9.61. The van der Waals surface area contributed by atoms with Crippen LogP contribution in [0.4, 0.5) is 5.69 Å². The molecule has 0 atom stereocenters. The lowest BCUT2D eigenvalue weighted by Gasteiger charge is -2.04. The Kier molecular flexibility index (Phi) is 3.11. The Hall–Kier alpha value is -2.96. The first-order valence-electron chi connectivity index (χ1n) is 5.23. The van der Waals surface area contributed by atoms with Gasteiger partial charge in [-0.3, -0.25) is 14.9 Å². The van der Waals surface area contributed by atoms with E-state index in [-0.39, 0.29) is 22.8 Å². The largest absolute Gasteiger partial charge is 0.508 e. The molecule has 1 aromatic carbocycles. The van der Waals surface area contributed by atoms with Crippen molar-refractivity contribution in [3.8, 4) is 17.0 Å². The van der Waals surface area contributed by atoms with Crippen LogP contribution in [-0.2, 0) is 0 Å². The maximum absolute atomic E-state index is 11.1. The summed E-state index contributed by atoms with van der Waals surface area (Å²) in [6.45, 7) is 0. The van der Waals surface area contributed by atoms with Crippen molar-refractivity contribution in [2.24, 2.45) is 5.73 Å². The summed E-state index contributed by atoms with van der Waals surface area (Å²) in [6, 6.07) is 8.13. The highest BCUT2D eigenvalue weighted by Gasteiger charge is 2.11. The van der Waals surface area contributed by atoms with Gasteiger partial charge in [-0.2, -0.15) is 0 Å². The minimum absolute atomic E-state index is 0.108. The molecule has 3 N–H and O–H groups in total. The number of nitro benzene ring substituents is 1. The average molecular weight is 259 g/mol. The summed E-state index contributed by atoms with van der Waals surface area (Å²) >= 11 is 0. The number of carbonyl (C=O) groups is 1. The first-order chi connectivity index (χ1) is 8.97. The third kappa shape index (κ3) is 2.65. The highest BCUT2D eigenvalue weighted by atomic mass is 16.6. The summed E-state index contributed by atoms with van der Waals surface area (Å²) in [4.78, 5) is 25.1. The van der Waals surface area contributed by atoms with E-state index in [9.17, 15) is 20.0 Å². The van der Waals surface area contributed by atoms with E-state index >= 15 is 0 Å². The summed E-state index contributed by atoms with van der Waals surface area (Å²) in [5.41, 5.74) is 5.51. The second kappa shape index (κ2) is 4.73. The zero-order valence-corrected chi connectivity index (χ0v) is 9.61. The summed E-state index contributed by atoms with van der Waals surface area (Å²) < 4.78 is 0. The minimum atomic E-state index is -0.789. The predicted molar refractivity (Wildman–Crippen MR) is 66.5 cm³/mol. The maximum Gasteiger partial charge on any atom is 0.270 e. The lowest BCUT2D eigenvalue weighted by molar-refractivity contribution is -0.384.